The Labute approximate surface area is 124 Å². The highest BCUT2D eigenvalue weighted by molar-refractivity contribution is 6.16. The van der Waals surface area contributed by atoms with Crippen LogP contribution in [0.4, 0.5) is 0 Å². The van der Waals surface area contributed by atoms with Gasteiger partial charge in [-0.3, -0.25) is 0 Å². The number of benzene rings is 1. The van der Waals surface area contributed by atoms with Crippen LogP contribution in [0.25, 0.3) is 11.0 Å². The lowest BCUT2D eigenvalue weighted by atomic mass is 10.0. The van der Waals surface area contributed by atoms with Crippen molar-refractivity contribution in [2.45, 2.75) is 44.5 Å². The fourth-order valence-electron chi connectivity index (χ4n) is 3.24. The van der Waals surface area contributed by atoms with Gasteiger partial charge in [0.25, 0.3) is 0 Å². The number of rotatable bonds is 5. The molecule has 0 saturated heterocycles. The smallest absolute Gasteiger partial charge is 0.124 e. The highest BCUT2D eigenvalue weighted by Gasteiger charge is 2.17. The molecule has 3 rings (SSSR count). The predicted molar refractivity (Wildman–Crippen MR) is 82.4 cm³/mol. The van der Waals surface area contributed by atoms with Gasteiger partial charge in [-0.2, -0.15) is 0 Å². The molecule has 3 nitrogen and oxygen atoms in total. The van der Waals surface area contributed by atoms with Crippen LogP contribution in [0.5, 0.6) is 5.75 Å². The number of hydrogen-bond acceptors (Lipinski definition) is 2. The number of imidazole rings is 1. The van der Waals surface area contributed by atoms with Gasteiger partial charge < -0.3 is 9.30 Å². The second kappa shape index (κ2) is 6.04. The van der Waals surface area contributed by atoms with E-state index < -0.39 is 0 Å². The molecule has 0 spiro atoms. The number of hydrogen-bond donors (Lipinski definition) is 0. The maximum absolute atomic E-state index is 6.06. The topological polar surface area (TPSA) is 27.1 Å². The first kappa shape index (κ1) is 13.7. The summed E-state index contributed by atoms with van der Waals surface area (Å²) < 4.78 is 7.59. The maximum Gasteiger partial charge on any atom is 0.124 e. The van der Waals surface area contributed by atoms with Crippen LogP contribution in [0.3, 0.4) is 0 Å². The molecule has 0 bridgehead atoms. The zero-order chi connectivity index (χ0) is 13.9. The van der Waals surface area contributed by atoms with Crippen LogP contribution in [0.15, 0.2) is 18.2 Å². The van der Waals surface area contributed by atoms with E-state index >= 15 is 0 Å². The molecule has 0 aliphatic heterocycles. The molecular weight excluding hydrogens is 272 g/mol. The molecule has 4 heteroatoms. The van der Waals surface area contributed by atoms with Gasteiger partial charge in [-0.25, -0.2) is 4.98 Å². The van der Waals surface area contributed by atoms with Gasteiger partial charge in [-0.15, -0.1) is 11.6 Å². The summed E-state index contributed by atoms with van der Waals surface area (Å²) in [6.45, 7) is 1.01. The summed E-state index contributed by atoms with van der Waals surface area (Å²) in [7, 11) is 1.70. The quantitative estimate of drug-likeness (QED) is 0.766. The highest BCUT2D eigenvalue weighted by atomic mass is 35.5. The van der Waals surface area contributed by atoms with E-state index in [0.29, 0.717) is 5.88 Å². The molecule has 1 heterocycles. The third-order valence-corrected chi connectivity index (χ3v) is 4.63. The molecule has 1 aromatic carbocycles. The number of nitrogens with zero attached hydrogens (tertiary/aromatic N) is 2. The van der Waals surface area contributed by atoms with E-state index in [0.717, 1.165) is 35.1 Å². The Morgan fingerprint density at radius 1 is 1.35 bits per heavy atom. The second-order valence-corrected chi connectivity index (χ2v) is 5.87. The van der Waals surface area contributed by atoms with E-state index in [1.54, 1.807) is 7.11 Å². The normalized spacial score (nSPS) is 16.1. The monoisotopic (exact) mass is 292 g/mol. The van der Waals surface area contributed by atoms with Crippen molar-refractivity contribution in [1.82, 2.24) is 9.55 Å². The molecule has 2 aromatic rings. The molecule has 0 radical (unpaired) electrons. The van der Waals surface area contributed by atoms with E-state index in [1.807, 2.05) is 12.1 Å². The number of fused-ring (bicyclic) bond motifs is 1. The summed E-state index contributed by atoms with van der Waals surface area (Å²) in [5.41, 5.74) is 2.14. The van der Waals surface area contributed by atoms with E-state index in [2.05, 4.69) is 15.6 Å². The van der Waals surface area contributed by atoms with Crippen LogP contribution < -0.4 is 4.74 Å². The molecule has 20 heavy (non-hydrogen) atoms. The van der Waals surface area contributed by atoms with E-state index in [9.17, 15) is 0 Å². The van der Waals surface area contributed by atoms with Crippen LogP contribution in [0.1, 0.15) is 37.9 Å². The third kappa shape index (κ3) is 2.64. The molecule has 108 valence electrons. The van der Waals surface area contributed by atoms with E-state index in [-0.39, 0.29) is 0 Å². The number of methoxy groups -OCH3 is 1. The molecule has 0 unspecified atom stereocenters. The van der Waals surface area contributed by atoms with Crippen molar-refractivity contribution in [3.8, 4) is 5.75 Å². The number of halogens is 1. The van der Waals surface area contributed by atoms with E-state index in [4.69, 9.17) is 16.3 Å². The van der Waals surface area contributed by atoms with Crippen LogP contribution >= 0.6 is 11.6 Å². The highest BCUT2D eigenvalue weighted by Crippen LogP contribution is 2.29. The molecule has 1 saturated carbocycles. The summed E-state index contributed by atoms with van der Waals surface area (Å²) in [5, 5.41) is 0. The van der Waals surface area contributed by atoms with Crippen LogP contribution in [0.2, 0.25) is 0 Å². The number of ether oxygens (including phenoxy) is 1. The molecule has 0 amide bonds. The lowest BCUT2D eigenvalue weighted by molar-refractivity contribution is 0.415. The minimum atomic E-state index is 0.460. The Kier molecular flexibility index (Phi) is 4.16. The SMILES string of the molecule is COc1ccc2nc(CCl)n(CCC3CCCC3)c2c1. The molecule has 1 fully saturated rings. The van der Waals surface area contributed by atoms with Crippen LogP contribution in [-0.4, -0.2) is 16.7 Å². The Morgan fingerprint density at radius 3 is 2.85 bits per heavy atom. The van der Waals surface area contributed by atoms with Crippen molar-refractivity contribution < 1.29 is 4.74 Å². The Balaban J connectivity index is 1.89. The van der Waals surface area contributed by atoms with Crippen molar-refractivity contribution >= 4 is 22.6 Å². The lowest BCUT2D eigenvalue weighted by Gasteiger charge is -2.12. The number of aromatic nitrogens is 2. The zero-order valence-electron chi connectivity index (χ0n) is 11.9. The van der Waals surface area contributed by atoms with E-state index in [1.165, 1.54) is 32.1 Å². The van der Waals surface area contributed by atoms with Crippen molar-refractivity contribution in [3.05, 3.63) is 24.0 Å². The third-order valence-electron chi connectivity index (χ3n) is 4.39. The van der Waals surface area contributed by atoms with Gasteiger partial charge in [0, 0.05) is 12.6 Å². The average Bonchev–Trinajstić information content (AvgIpc) is 3.11. The number of aryl methyl sites for hydroxylation is 1. The fraction of sp³-hybridized carbons (Fsp3) is 0.562. The Hall–Kier alpha value is -1.22. The largest absolute Gasteiger partial charge is 0.497 e. The second-order valence-electron chi connectivity index (χ2n) is 5.61. The van der Waals surface area contributed by atoms with Crippen molar-refractivity contribution in [2.24, 2.45) is 5.92 Å². The molecule has 1 aliphatic rings. The van der Waals surface area contributed by atoms with Gasteiger partial charge in [0.15, 0.2) is 0 Å². The maximum atomic E-state index is 6.06. The van der Waals surface area contributed by atoms with Crippen molar-refractivity contribution in [1.29, 1.82) is 0 Å². The first-order chi connectivity index (χ1) is 9.81. The van der Waals surface area contributed by atoms with Gasteiger partial charge in [0.05, 0.1) is 24.0 Å². The van der Waals surface area contributed by atoms with Gasteiger partial charge in [-0.1, -0.05) is 25.7 Å². The van der Waals surface area contributed by atoms with Crippen LogP contribution in [0, 0.1) is 5.92 Å². The van der Waals surface area contributed by atoms with Gasteiger partial charge >= 0.3 is 0 Å². The van der Waals surface area contributed by atoms with Crippen molar-refractivity contribution in [3.63, 3.8) is 0 Å². The first-order valence-electron chi connectivity index (χ1n) is 7.41. The van der Waals surface area contributed by atoms with Crippen LogP contribution in [-0.2, 0) is 12.4 Å². The molecule has 0 atom stereocenters. The lowest BCUT2D eigenvalue weighted by Crippen LogP contribution is -2.06. The zero-order valence-corrected chi connectivity index (χ0v) is 12.7. The average molecular weight is 293 g/mol. The standard InChI is InChI=1S/C16H21ClN2O/c1-20-13-6-7-14-15(10-13)19(16(11-17)18-14)9-8-12-4-2-3-5-12/h6-7,10,12H,2-5,8-9,11H2,1H3. The van der Waals surface area contributed by atoms with Gasteiger partial charge in [-0.05, 0) is 24.5 Å². The molecule has 1 aliphatic carbocycles. The minimum absolute atomic E-state index is 0.460. The van der Waals surface area contributed by atoms with Gasteiger partial charge in [0.1, 0.15) is 11.6 Å². The Morgan fingerprint density at radius 2 is 2.15 bits per heavy atom. The summed E-state index contributed by atoms with van der Waals surface area (Å²) in [5.74, 6) is 3.18. The predicted octanol–water partition coefficient (Wildman–Crippen LogP) is 4.36. The summed E-state index contributed by atoms with van der Waals surface area (Å²) in [4.78, 5) is 4.63. The van der Waals surface area contributed by atoms with Crippen molar-refractivity contribution in [2.75, 3.05) is 7.11 Å². The van der Waals surface area contributed by atoms with Gasteiger partial charge in [0.2, 0.25) is 0 Å². The minimum Gasteiger partial charge on any atom is -0.497 e. The molecular formula is C16H21ClN2O. The summed E-state index contributed by atoms with van der Waals surface area (Å²) in [6.07, 6.45) is 6.78. The summed E-state index contributed by atoms with van der Waals surface area (Å²) >= 11 is 6.06. The first-order valence-corrected chi connectivity index (χ1v) is 7.94. The fourth-order valence-corrected chi connectivity index (χ4v) is 3.45. The Bertz CT molecular complexity index is 587. The molecule has 0 N–H and O–H groups in total. The molecule has 1 aromatic heterocycles. The summed E-state index contributed by atoms with van der Waals surface area (Å²) in [6, 6.07) is 6.03. The number of alkyl halides is 1.